The molecule has 0 saturated heterocycles. The average Bonchev–Trinajstić information content (AvgIpc) is 2.06. The van der Waals surface area contributed by atoms with E-state index in [0.29, 0.717) is 13.2 Å². The average molecular weight is 324 g/mol. The molecule has 0 unspecified atom stereocenters. The van der Waals surface area contributed by atoms with E-state index in [4.69, 9.17) is 13.9 Å². The molecule has 6 heteroatoms. The number of rotatable bonds is 8. The van der Waals surface area contributed by atoms with Crippen molar-refractivity contribution in [1.29, 1.82) is 0 Å². The van der Waals surface area contributed by atoms with Gasteiger partial charge in [-0.3, -0.25) is 0 Å². The quantitative estimate of drug-likeness (QED) is 0.424. The molecule has 0 saturated carbocycles. The van der Waals surface area contributed by atoms with E-state index in [1.54, 1.807) is 0 Å². The second kappa shape index (κ2) is 10.4. The van der Waals surface area contributed by atoms with Gasteiger partial charge in [-0.1, -0.05) is 31.9 Å². The zero-order valence-corrected chi connectivity index (χ0v) is 10.8. The molecule has 0 aliphatic rings. The Morgan fingerprint density at radius 2 is 1.42 bits per heavy atom. The third-order valence-electron chi connectivity index (χ3n) is 0.959. The summed E-state index contributed by atoms with van der Waals surface area (Å²) in [5.41, 5.74) is 0. The van der Waals surface area contributed by atoms with Crippen molar-refractivity contribution in [3.63, 3.8) is 0 Å². The van der Waals surface area contributed by atoms with E-state index in [-0.39, 0.29) is 0 Å². The first kappa shape index (κ1) is 13.3. The number of hydrogen-bond donors (Lipinski definition) is 1. The molecule has 0 bridgehead atoms. The van der Waals surface area contributed by atoms with Crippen LogP contribution in [0.2, 0.25) is 0 Å². The predicted octanol–water partition coefficient (Wildman–Crippen LogP) is 2.81. The summed E-state index contributed by atoms with van der Waals surface area (Å²) in [4.78, 5) is 9.09. The Labute approximate surface area is 91.1 Å². The van der Waals surface area contributed by atoms with Crippen LogP contribution in [0.5, 0.6) is 0 Å². The summed E-state index contributed by atoms with van der Waals surface area (Å²) in [5.74, 6) is 0. The van der Waals surface area contributed by atoms with Crippen molar-refractivity contribution in [3.05, 3.63) is 0 Å². The standard InChI is InChI=1S/C6H13Br2O3P/c7-3-1-5-10-12(9)11-6-2-4-8/h9H,1-6H2. The maximum atomic E-state index is 9.09. The Kier molecular flexibility index (Phi) is 11.4. The van der Waals surface area contributed by atoms with E-state index >= 15 is 0 Å². The van der Waals surface area contributed by atoms with Crippen molar-refractivity contribution in [2.45, 2.75) is 12.8 Å². The maximum absolute atomic E-state index is 9.09. The molecule has 0 heterocycles. The van der Waals surface area contributed by atoms with Gasteiger partial charge in [0.25, 0.3) is 0 Å². The highest BCUT2D eigenvalue weighted by atomic mass is 79.9. The highest BCUT2D eigenvalue weighted by Crippen LogP contribution is 2.32. The van der Waals surface area contributed by atoms with E-state index in [0.717, 1.165) is 23.5 Å². The van der Waals surface area contributed by atoms with E-state index in [9.17, 15) is 0 Å². The molecule has 0 radical (unpaired) electrons. The minimum atomic E-state index is -1.65. The van der Waals surface area contributed by atoms with Crippen molar-refractivity contribution in [1.82, 2.24) is 0 Å². The number of alkyl halides is 2. The summed E-state index contributed by atoms with van der Waals surface area (Å²) >= 11 is 6.52. The number of halogens is 2. The Balaban J connectivity index is 3.04. The van der Waals surface area contributed by atoms with Crippen molar-refractivity contribution in [2.24, 2.45) is 0 Å². The lowest BCUT2D eigenvalue weighted by Crippen LogP contribution is -1.95. The molecule has 0 aromatic carbocycles. The molecule has 1 N–H and O–H groups in total. The normalized spacial score (nSPS) is 11.0. The fourth-order valence-corrected chi connectivity index (χ4v) is 1.53. The van der Waals surface area contributed by atoms with Gasteiger partial charge in [-0.2, -0.15) is 0 Å². The molecule has 0 aromatic heterocycles. The first-order chi connectivity index (χ1) is 5.81. The minimum Gasteiger partial charge on any atom is -0.328 e. The Morgan fingerprint density at radius 3 is 1.75 bits per heavy atom. The SMILES string of the molecule is OP(OCCCBr)OCCCBr. The van der Waals surface area contributed by atoms with Gasteiger partial charge >= 0.3 is 8.60 Å². The zero-order chi connectivity index (χ0) is 9.23. The van der Waals surface area contributed by atoms with Gasteiger partial charge in [0.15, 0.2) is 0 Å². The summed E-state index contributed by atoms with van der Waals surface area (Å²) < 4.78 is 9.96. The molecule has 0 spiro atoms. The van der Waals surface area contributed by atoms with Gasteiger partial charge < -0.3 is 13.9 Å². The molecule has 0 aromatic rings. The summed E-state index contributed by atoms with van der Waals surface area (Å²) in [7, 11) is -1.65. The first-order valence-electron chi connectivity index (χ1n) is 3.68. The third kappa shape index (κ3) is 9.36. The Bertz CT molecular complexity index is 86.9. The Morgan fingerprint density at radius 1 is 1.00 bits per heavy atom. The molecule has 0 aliphatic carbocycles. The summed E-state index contributed by atoms with van der Waals surface area (Å²) in [6.45, 7) is 1.09. The molecule has 0 atom stereocenters. The van der Waals surface area contributed by atoms with Crippen LogP contribution in [0, 0.1) is 0 Å². The molecule has 12 heavy (non-hydrogen) atoms. The highest BCUT2D eigenvalue weighted by Gasteiger charge is 2.04. The minimum absolute atomic E-state index is 0.543. The highest BCUT2D eigenvalue weighted by molar-refractivity contribution is 9.09. The predicted molar refractivity (Wildman–Crippen MR) is 57.9 cm³/mol. The van der Waals surface area contributed by atoms with Gasteiger partial charge in [0.2, 0.25) is 0 Å². The third-order valence-corrected chi connectivity index (χ3v) is 2.89. The first-order valence-corrected chi connectivity index (χ1v) is 7.05. The van der Waals surface area contributed by atoms with Gasteiger partial charge in [-0.25, -0.2) is 0 Å². The molecule has 3 nitrogen and oxygen atoms in total. The van der Waals surface area contributed by atoms with Crippen LogP contribution >= 0.6 is 40.5 Å². The van der Waals surface area contributed by atoms with Crippen LogP contribution in [-0.4, -0.2) is 28.8 Å². The van der Waals surface area contributed by atoms with Crippen LogP contribution in [0.25, 0.3) is 0 Å². The van der Waals surface area contributed by atoms with Crippen molar-refractivity contribution in [2.75, 3.05) is 23.9 Å². The van der Waals surface area contributed by atoms with Crippen LogP contribution in [0.1, 0.15) is 12.8 Å². The van der Waals surface area contributed by atoms with Crippen LogP contribution in [0.4, 0.5) is 0 Å². The second-order valence-electron chi connectivity index (χ2n) is 1.99. The summed E-state index contributed by atoms with van der Waals surface area (Å²) in [5, 5.41) is 1.77. The van der Waals surface area contributed by atoms with E-state index in [1.807, 2.05) is 0 Å². The second-order valence-corrected chi connectivity index (χ2v) is 4.57. The summed E-state index contributed by atoms with van der Waals surface area (Å²) in [6.07, 6.45) is 1.78. The lowest BCUT2D eigenvalue weighted by atomic mass is 10.5. The van der Waals surface area contributed by atoms with Gasteiger partial charge in [0, 0.05) is 10.7 Å². The maximum Gasteiger partial charge on any atom is 0.329 e. The molecule has 0 fully saturated rings. The van der Waals surface area contributed by atoms with Gasteiger partial charge in [-0.05, 0) is 12.8 Å². The topological polar surface area (TPSA) is 38.7 Å². The largest absolute Gasteiger partial charge is 0.329 e. The van der Waals surface area contributed by atoms with Gasteiger partial charge in [0.05, 0.1) is 13.2 Å². The Hall–Kier alpha value is 1.27. The van der Waals surface area contributed by atoms with E-state index in [1.165, 1.54) is 0 Å². The summed E-state index contributed by atoms with van der Waals surface area (Å²) in [6, 6.07) is 0. The molecular formula is C6H13Br2O3P. The lowest BCUT2D eigenvalue weighted by Gasteiger charge is -2.09. The van der Waals surface area contributed by atoms with Crippen LogP contribution < -0.4 is 0 Å². The smallest absolute Gasteiger partial charge is 0.328 e. The van der Waals surface area contributed by atoms with Crippen molar-refractivity contribution < 1.29 is 13.9 Å². The van der Waals surface area contributed by atoms with Crippen LogP contribution in [0.15, 0.2) is 0 Å². The molecule has 0 rings (SSSR count). The monoisotopic (exact) mass is 322 g/mol. The lowest BCUT2D eigenvalue weighted by molar-refractivity contribution is 0.201. The van der Waals surface area contributed by atoms with Crippen molar-refractivity contribution >= 4 is 40.5 Å². The molecule has 74 valence electrons. The molecular weight excluding hydrogens is 311 g/mol. The zero-order valence-electron chi connectivity index (χ0n) is 6.71. The van der Waals surface area contributed by atoms with Gasteiger partial charge in [0.1, 0.15) is 0 Å². The van der Waals surface area contributed by atoms with Crippen LogP contribution in [-0.2, 0) is 9.05 Å². The van der Waals surface area contributed by atoms with E-state index in [2.05, 4.69) is 31.9 Å². The molecule has 0 amide bonds. The fraction of sp³-hybridized carbons (Fsp3) is 1.00. The van der Waals surface area contributed by atoms with Gasteiger partial charge in [-0.15, -0.1) is 0 Å². The molecule has 0 aliphatic heterocycles. The van der Waals surface area contributed by atoms with Crippen LogP contribution in [0.3, 0.4) is 0 Å². The number of hydrogen-bond acceptors (Lipinski definition) is 3. The van der Waals surface area contributed by atoms with E-state index < -0.39 is 8.60 Å². The van der Waals surface area contributed by atoms with Crippen molar-refractivity contribution in [3.8, 4) is 0 Å². The fourth-order valence-electron chi connectivity index (χ4n) is 0.432.